The van der Waals surface area contributed by atoms with Gasteiger partial charge in [0.1, 0.15) is 11.9 Å². The molecule has 2 aliphatic rings. The Balaban J connectivity index is 1.49. The van der Waals surface area contributed by atoms with Gasteiger partial charge in [-0.3, -0.25) is 4.79 Å². The smallest absolute Gasteiger partial charge is 0.289 e. The summed E-state index contributed by atoms with van der Waals surface area (Å²) in [5.41, 5.74) is 2.58. The molecule has 0 N–H and O–H groups in total. The minimum Gasteiger partial charge on any atom is -0.495 e. The lowest BCUT2D eigenvalue weighted by molar-refractivity contribution is -0.153. The summed E-state index contributed by atoms with van der Waals surface area (Å²) >= 11 is 0. The number of halogens is 3. The predicted molar refractivity (Wildman–Crippen MR) is 127 cm³/mol. The van der Waals surface area contributed by atoms with Crippen molar-refractivity contribution in [1.82, 2.24) is 14.5 Å². The van der Waals surface area contributed by atoms with Crippen LogP contribution >= 0.6 is 0 Å². The van der Waals surface area contributed by atoms with Gasteiger partial charge in [-0.2, -0.15) is 0 Å². The molecular weight excluding hydrogens is 471 g/mol. The fourth-order valence-electron chi connectivity index (χ4n) is 5.13. The SMILES string of the molecule is COc1cc(C=C2O[C@@H](C)[C@H]3CCC[C@@H](c4cc(F)c(F)c(F)c4)N3C2=O)ccc1-n1cnc(C)c1. The number of nitrogens with zero attached hydrogens (tertiary/aromatic N) is 3. The average molecular weight is 498 g/mol. The largest absolute Gasteiger partial charge is 0.495 e. The second-order valence-electron chi connectivity index (χ2n) is 9.21. The molecule has 5 rings (SSSR count). The Morgan fingerprint density at radius 2 is 1.89 bits per heavy atom. The van der Waals surface area contributed by atoms with Crippen molar-refractivity contribution >= 4 is 12.0 Å². The highest BCUT2D eigenvalue weighted by Gasteiger charge is 2.44. The number of fused-ring (bicyclic) bond motifs is 1. The maximum absolute atomic E-state index is 14.0. The summed E-state index contributed by atoms with van der Waals surface area (Å²) in [6.07, 6.45) is 6.84. The standard InChI is InChI=1S/C27H26F3N3O3/c1-15-13-32(14-31-15)23-8-7-17(9-24(23)35-3)10-25-27(34)33-21(16(2)36-25)5-4-6-22(33)18-11-19(28)26(30)20(29)12-18/h7-14,16,21-22H,4-6H2,1-3H3/t16-,21+,22-/m0/s1. The number of morpholine rings is 1. The van der Waals surface area contributed by atoms with Gasteiger partial charge >= 0.3 is 0 Å². The first-order valence-electron chi connectivity index (χ1n) is 11.8. The summed E-state index contributed by atoms with van der Waals surface area (Å²) in [6, 6.07) is 6.60. The van der Waals surface area contributed by atoms with E-state index in [9.17, 15) is 18.0 Å². The van der Waals surface area contributed by atoms with Crippen molar-refractivity contribution in [2.45, 2.75) is 51.3 Å². The van der Waals surface area contributed by atoms with E-state index in [2.05, 4.69) is 4.98 Å². The number of hydrogen-bond acceptors (Lipinski definition) is 4. The molecule has 0 bridgehead atoms. The van der Waals surface area contributed by atoms with Crippen LogP contribution in [0.4, 0.5) is 13.2 Å². The monoisotopic (exact) mass is 497 g/mol. The number of ether oxygens (including phenoxy) is 2. The van der Waals surface area contributed by atoms with Gasteiger partial charge in [-0.05, 0) is 74.6 Å². The third-order valence-electron chi connectivity index (χ3n) is 6.85. The van der Waals surface area contributed by atoms with Crippen LogP contribution in [0.2, 0.25) is 0 Å². The number of benzene rings is 2. The molecule has 3 heterocycles. The normalized spacial score (nSPS) is 22.9. The molecule has 2 aliphatic heterocycles. The van der Waals surface area contributed by atoms with E-state index < -0.39 is 23.5 Å². The predicted octanol–water partition coefficient (Wildman–Crippen LogP) is 5.49. The maximum atomic E-state index is 14.0. The van der Waals surface area contributed by atoms with Gasteiger partial charge in [-0.15, -0.1) is 0 Å². The van der Waals surface area contributed by atoms with Crippen molar-refractivity contribution in [2.75, 3.05) is 7.11 Å². The van der Waals surface area contributed by atoms with Gasteiger partial charge in [0.25, 0.3) is 5.91 Å². The summed E-state index contributed by atoms with van der Waals surface area (Å²) in [6.45, 7) is 3.77. The van der Waals surface area contributed by atoms with Crippen LogP contribution in [-0.4, -0.2) is 39.6 Å². The van der Waals surface area contributed by atoms with Crippen molar-refractivity contribution in [1.29, 1.82) is 0 Å². The van der Waals surface area contributed by atoms with Gasteiger partial charge in [0.2, 0.25) is 0 Å². The molecule has 2 saturated heterocycles. The van der Waals surface area contributed by atoms with Crippen LogP contribution in [0.15, 0.2) is 48.6 Å². The van der Waals surface area contributed by atoms with Crippen LogP contribution in [0.5, 0.6) is 5.75 Å². The number of methoxy groups -OCH3 is 1. The molecule has 3 aromatic rings. The second kappa shape index (κ2) is 9.37. The molecule has 188 valence electrons. The van der Waals surface area contributed by atoms with E-state index in [1.54, 1.807) is 30.5 Å². The zero-order valence-electron chi connectivity index (χ0n) is 20.2. The Labute approximate surface area is 207 Å². The van der Waals surface area contributed by atoms with Crippen LogP contribution in [0.3, 0.4) is 0 Å². The number of amides is 1. The summed E-state index contributed by atoms with van der Waals surface area (Å²) in [5.74, 6) is -3.71. The molecule has 3 atom stereocenters. The summed E-state index contributed by atoms with van der Waals surface area (Å²) in [4.78, 5) is 19.5. The van der Waals surface area contributed by atoms with E-state index in [0.29, 0.717) is 24.2 Å². The van der Waals surface area contributed by atoms with E-state index in [1.807, 2.05) is 36.7 Å². The maximum Gasteiger partial charge on any atom is 0.289 e. The average Bonchev–Trinajstić information content (AvgIpc) is 3.30. The molecular formula is C27H26F3N3O3. The Morgan fingerprint density at radius 1 is 1.14 bits per heavy atom. The zero-order valence-corrected chi connectivity index (χ0v) is 20.2. The number of aromatic nitrogens is 2. The van der Waals surface area contributed by atoms with Crippen LogP contribution in [0.25, 0.3) is 11.8 Å². The Bertz CT molecular complexity index is 1330. The Morgan fingerprint density at radius 3 is 2.56 bits per heavy atom. The van der Waals surface area contributed by atoms with Gasteiger partial charge in [0, 0.05) is 6.20 Å². The Kier molecular flexibility index (Phi) is 6.24. The van der Waals surface area contributed by atoms with Gasteiger partial charge in [0.15, 0.2) is 23.2 Å². The topological polar surface area (TPSA) is 56.6 Å². The van der Waals surface area contributed by atoms with E-state index in [1.165, 1.54) is 0 Å². The number of aryl methyl sites for hydroxylation is 1. The van der Waals surface area contributed by atoms with Crippen LogP contribution in [-0.2, 0) is 9.53 Å². The first-order valence-corrected chi connectivity index (χ1v) is 11.8. The molecule has 0 unspecified atom stereocenters. The minimum absolute atomic E-state index is 0.127. The molecule has 6 nitrogen and oxygen atoms in total. The third-order valence-corrected chi connectivity index (χ3v) is 6.85. The van der Waals surface area contributed by atoms with Gasteiger partial charge in [0.05, 0.1) is 36.9 Å². The highest BCUT2D eigenvalue weighted by atomic mass is 19.2. The summed E-state index contributed by atoms with van der Waals surface area (Å²) in [5, 5.41) is 0. The van der Waals surface area contributed by atoms with Gasteiger partial charge in [-0.25, -0.2) is 18.2 Å². The molecule has 0 aliphatic carbocycles. The fourth-order valence-corrected chi connectivity index (χ4v) is 5.13. The molecule has 0 spiro atoms. The lowest BCUT2D eigenvalue weighted by Crippen LogP contribution is -2.55. The lowest BCUT2D eigenvalue weighted by Gasteiger charge is -2.48. The second-order valence-corrected chi connectivity index (χ2v) is 9.21. The van der Waals surface area contributed by atoms with Crippen molar-refractivity contribution < 1.29 is 27.4 Å². The molecule has 1 aromatic heterocycles. The van der Waals surface area contributed by atoms with Crippen LogP contribution < -0.4 is 4.74 Å². The molecule has 9 heteroatoms. The van der Waals surface area contributed by atoms with Gasteiger partial charge in [-0.1, -0.05) is 6.07 Å². The number of hydrogen-bond donors (Lipinski definition) is 0. The third kappa shape index (κ3) is 4.23. The number of carbonyl (C=O) groups excluding carboxylic acids is 1. The van der Waals surface area contributed by atoms with Crippen molar-refractivity contribution in [3.63, 3.8) is 0 Å². The summed E-state index contributed by atoms with van der Waals surface area (Å²) in [7, 11) is 1.56. The van der Waals surface area contributed by atoms with E-state index in [-0.39, 0.29) is 29.4 Å². The van der Waals surface area contributed by atoms with Crippen molar-refractivity contribution in [3.05, 3.63) is 82.9 Å². The number of imidazole rings is 1. The Hall–Kier alpha value is -3.75. The molecule has 0 radical (unpaired) electrons. The first-order chi connectivity index (χ1) is 17.3. The van der Waals surface area contributed by atoms with Crippen LogP contribution in [0.1, 0.15) is 49.0 Å². The lowest BCUT2D eigenvalue weighted by atomic mass is 9.87. The van der Waals surface area contributed by atoms with E-state index in [4.69, 9.17) is 9.47 Å². The minimum atomic E-state index is -1.52. The van der Waals surface area contributed by atoms with Crippen LogP contribution in [0, 0.1) is 24.4 Å². The van der Waals surface area contributed by atoms with Gasteiger partial charge < -0.3 is 18.9 Å². The van der Waals surface area contributed by atoms with Crippen molar-refractivity contribution in [3.8, 4) is 11.4 Å². The highest BCUT2D eigenvalue weighted by molar-refractivity contribution is 5.97. The molecule has 36 heavy (non-hydrogen) atoms. The molecule has 2 fully saturated rings. The highest BCUT2D eigenvalue weighted by Crippen LogP contribution is 2.41. The van der Waals surface area contributed by atoms with E-state index in [0.717, 1.165) is 29.9 Å². The van der Waals surface area contributed by atoms with E-state index >= 15 is 0 Å². The fraction of sp³-hybridized carbons (Fsp3) is 0.333. The molecule has 2 aromatic carbocycles. The molecule has 0 saturated carbocycles. The first kappa shape index (κ1) is 24.0. The summed E-state index contributed by atoms with van der Waals surface area (Å²) < 4.78 is 55.0. The number of piperidine rings is 1. The quantitative estimate of drug-likeness (QED) is 0.354. The zero-order chi connectivity index (χ0) is 25.6. The van der Waals surface area contributed by atoms with Crippen molar-refractivity contribution in [2.24, 2.45) is 0 Å². The molecule has 1 amide bonds. The number of carbonyl (C=O) groups is 1. The number of rotatable bonds is 4.